The van der Waals surface area contributed by atoms with Crippen LogP contribution < -0.4 is 13.1 Å². The van der Waals surface area contributed by atoms with E-state index in [-0.39, 0.29) is 55.7 Å². The Morgan fingerprint density at radius 2 is 0.752 bits per heavy atom. The Kier molecular flexibility index (Phi) is 28.5. The molecule has 30 atom stereocenters. The Morgan fingerprint density at radius 1 is 0.381 bits per heavy atom. The third kappa shape index (κ3) is 22.6. The quantitative estimate of drug-likeness (QED) is 0.0321. The predicted octanol–water partition coefficient (Wildman–Crippen LogP) is -6.55. The molecule has 45 nitrogen and oxygen atoms in total. The lowest BCUT2D eigenvalue weighted by Gasteiger charge is -2.46. The molecule has 105 heavy (non-hydrogen) atoms. The summed E-state index contributed by atoms with van der Waals surface area (Å²) in [6.45, 7) is 5.04. The molecule has 9 heterocycles. The predicted molar refractivity (Wildman–Crippen MR) is 327 cm³/mol. The third-order valence-electron chi connectivity index (χ3n) is 17.8. The molecule has 9 fully saturated rings. The van der Waals surface area contributed by atoms with Crippen LogP contribution in [0.3, 0.4) is 0 Å². The number of fused-ring (bicyclic) bond motifs is 6. The summed E-state index contributed by atoms with van der Waals surface area (Å²) < 4.78 is 289. The molecular weight excluding hydrogens is 1630 g/mol. The van der Waals surface area contributed by atoms with E-state index in [1.807, 2.05) is 20.8 Å². The fraction of sp³-hybridized carbons (Fsp3) is 0.774. The molecule has 2 aromatic carbocycles. The number of aliphatic hydroxyl groups excluding tert-OH is 8. The number of aliphatic hydroxyl groups is 8. The van der Waals surface area contributed by atoms with Crippen LogP contribution in [0.25, 0.3) is 0 Å². The zero-order valence-corrected chi connectivity index (χ0v) is 61.2. The number of halogens is 1. The number of hydrogen-bond acceptors (Lipinski definition) is 45. The highest BCUT2D eigenvalue weighted by atomic mass is 79.9. The monoisotopic (exact) mass is 1700 g/mol. The molecule has 8 N–H and O–H groups in total. The minimum atomic E-state index is -5.28. The average Bonchev–Trinajstić information content (AvgIpc) is 1.64. The standard InChI is InChI=1S/C29H37BrO13S2.2C12H20O16S2/c1-16-17(2)24(15-37-44(31,32)41-23-12-10-21(35-5)11-13-23)38-28(18(16)3)40-26-19(4)27(29-36-14-25(26)39-29)43-45(33,34)42-22-8-6-20(30)7-9-22;2*13-5-3(2-24-29(17,18)19)25-11(7(15)6(5)14)27-9-4-1-23-12(26-4)10(8(9)16)28-30(20,21)22/h6-13,16-19,24-29H,14-15H2,1-5H3;2*3-16H,1-2H2,(H,17,18,19)(H,20,21,22)/p-4/t16-,17-,18?,19-,24?,25?,26-,27?,28+,29+;2*3?,4?,5-,6+,7?,8+,9-,10?,11-,12-/m011/s1. The van der Waals surface area contributed by atoms with E-state index in [0.29, 0.717) is 5.75 Å². The number of hydrogen-bond donors (Lipinski definition) is 8. The fourth-order valence-corrected chi connectivity index (χ4v) is 15.5. The van der Waals surface area contributed by atoms with Gasteiger partial charge in [-0.3, -0.25) is 16.7 Å². The smallest absolute Gasteiger partial charge is 0.449 e. The lowest BCUT2D eigenvalue weighted by Crippen LogP contribution is -2.63. The Balaban J connectivity index is 0.000000189. The summed E-state index contributed by atoms with van der Waals surface area (Å²) in [5, 5.41) is 80.5. The van der Waals surface area contributed by atoms with Gasteiger partial charge in [0, 0.05) is 16.3 Å². The second kappa shape index (κ2) is 34.8. The first kappa shape index (κ1) is 85.8. The maximum Gasteiger partial charge on any atom is 0.449 e. The Morgan fingerprint density at radius 3 is 1.17 bits per heavy atom. The van der Waals surface area contributed by atoms with Crippen LogP contribution in [-0.4, -0.2) is 316 Å². The molecule has 0 aliphatic carbocycles. The summed E-state index contributed by atoms with van der Waals surface area (Å²) in [6.07, 6.45) is -38.3. The van der Waals surface area contributed by atoms with Gasteiger partial charge in [0.1, 0.15) is 115 Å². The van der Waals surface area contributed by atoms with E-state index in [4.69, 9.17) is 78.3 Å². The molecule has 0 aromatic heterocycles. The van der Waals surface area contributed by atoms with E-state index in [1.54, 1.807) is 31.2 Å². The minimum Gasteiger partial charge on any atom is -0.726 e. The first-order valence-electron chi connectivity index (χ1n) is 31.1. The lowest BCUT2D eigenvalue weighted by atomic mass is 9.79. The molecule has 6 bridgehead atoms. The van der Waals surface area contributed by atoms with Gasteiger partial charge in [-0.2, -0.15) is 16.8 Å². The van der Waals surface area contributed by atoms with E-state index in [0.717, 1.165) is 4.47 Å². The van der Waals surface area contributed by atoms with Gasteiger partial charge in [0.25, 0.3) is 0 Å². The molecule has 0 amide bonds. The molecule has 602 valence electrons. The maximum absolute atomic E-state index is 12.8. The second-order valence-electron chi connectivity index (χ2n) is 24.7. The summed E-state index contributed by atoms with van der Waals surface area (Å²) >= 11 is 3.29. The number of methoxy groups -OCH3 is 1. The van der Waals surface area contributed by atoms with Gasteiger partial charge in [-0.1, -0.05) is 43.6 Å². The molecule has 0 saturated carbocycles. The van der Waals surface area contributed by atoms with Crippen molar-refractivity contribution in [2.45, 2.75) is 188 Å². The lowest BCUT2D eigenvalue weighted by molar-refractivity contribution is -0.335. The van der Waals surface area contributed by atoms with Gasteiger partial charge in [0.15, 0.2) is 49.9 Å². The van der Waals surface area contributed by atoms with E-state index < -0.39 is 241 Å². The first-order chi connectivity index (χ1) is 48.8. The van der Waals surface area contributed by atoms with Crippen molar-refractivity contribution in [1.29, 1.82) is 0 Å². The Hall–Kier alpha value is -3.18. The van der Waals surface area contributed by atoms with Gasteiger partial charge >= 0.3 is 20.8 Å². The largest absolute Gasteiger partial charge is 0.726 e. The SMILES string of the molecule is COc1ccc(OS(=O)(=O)OCC2O[C@H](O[C@@H]3C4CO[C@H](O4)C(OS(=O)(=O)Oc4ccc(Br)cc4)[C@H]3C)C(C)[C@@H](C)[C@@H]2C)cc1.O=S(=O)([O-])OCC1O[C@H](O[C@@H]2C3CO[C@H](O3)C(OS(=O)(=O)[O-])[C@H]2O)C(O)[C@@H](O)[C@@H]1O.O=S(=O)([O-])OCC1O[C@H](O[C@@H]2C3CO[C@H](O3)C(OS(=O)(=O)[O-])[C@H]2O)C(O)[C@@H](O)[C@@H]1O. The molecular formula is C53H73BrO45S6-4. The van der Waals surface area contributed by atoms with Crippen molar-refractivity contribution < 1.29 is 205 Å². The number of rotatable bonds is 26. The van der Waals surface area contributed by atoms with Crippen molar-refractivity contribution in [3.8, 4) is 17.2 Å². The van der Waals surface area contributed by atoms with Gasteiger partial charge in [-0.05, 0) is 60.4 Å². The van der Waals surface area contributed by atoms with Gasteiger partial charge in [-0.15, -0.1) is 0 Å². The highest BCUT2D eigenvalue weighted by Gasteiger charge is 2.59. The average molecular weight is 1700 g/mol. The van der Waals surface area contributed by atoms with Gasteiger partial charge in [0.2, 0.25) is 41.6 Å². The van der Waals surface area contributed by atoms with E-state index in [1.165, 1.54) is 31.4 Å². The number of ether oxygens (including phenoxy) is 13. The summed E-state index contributed by atoms with van der Waals surface area (Å²) in [5.74, 6) is 0.0235. The van der Waals surface area contributed by atoms with E-state index in [2.05, 4.69) is 32.7 Å². The van der Waals surface area contributed by atoms with Crippen molar-refractivity contribution in [1.82, 2.24) is 0 Å². The van der Waals surface area contributed by atoms with Crippen LogP contribution in [0.15, 0.2) is 53.0 Å². The molecule has 11 rings (SSSR count). The Labute approximate surface area is 607 Å². The second-order valence-corrected chi connectivity index (χ2v) is 32.1. The van der Waals surface area contributed by atoms with Crippen LogP contribution in [0.4, 0.5) is 0 Å². The minimum absolute atomic E-state index is 0.0432. The van der Waals surface area contributed by atoms with Crippen LogP contribution in [0.5, 0.6) is 17.2 Å². The fourth-order valence-electron chi connectivity index (χ4n) is 12.0. The molecule has 52 heteroatoms. The zero-order chi connectivity index (χ0) is 77.4. The molecule has 12 unspecified atom stereocenters. The Bertz CT molecular complexity index is 3770. The van der Waals surface area contributed by atoms with Crippen molar-refractivity contribution in [2.75, 3.05) is 46.8 Å². The summed E-state index contributed by atoms with van der Waals surface area (Å²) in [5.41, 5.74) is 0. The summed E-state index contributed by atoms with van der Waals surface area (Å²) in [6, 6.07) is 12.3. The zero-order valence-electron chi connectivity index (χ0n) is 54.7. The summed E-state index contributed by atoms with van der Waals surface area (Å²) in [7, 11) is -28.3. The van der Waals surface area contributed by atoms with Gasteiger partial charge in [0.05, 0.1) is 59.0 Å². The molecule has 0 radical (unpaired) electrons. The van der Waals surface area contributed by atoms with Crippen LogP contribution in [-0.2, 0) is 144 Å². The normalized spacial score (nSPS) is 40.0. The first-order valence-corrected chi connectivity index (χ1v) is 39.9. The molecule has 9 saturated heterocycles. The maximum atomic E-state index is 12.8. The van der Waals surface area contributed by atoms with Crippen LogP contribution in [0, 0.1) is 23.7 Å². The highest BCUT2D eigenvalue weighted by molar-refractivity contribution is 9.10. The van der Waals surface area contributed by atoms with Crippen molar-refractivity contribution in [3.63, 3.8) is 0 Å². The van der Waals surface area contributed by atoms with Crippen molar-refractivity contribution in [2.24, 2.45) is 23.7 Å². The van der Waals surface area contributed by atoms with Gasteiger partial charge in [-0.25, -0.2) is 42.0 Å². The van der Waals surface area contributed by atoms with E-state index in [9.17, 15) is 110 Å². The van der Waals surface area contributed by atoms with Gasteiger partial charge < -0.3 is 129 Å². The molecule has 0 spiro atoms. The van der Waals surface area contributed by atoms with Crippen LogP contribution in [0.2, 0.25) is 0 Å². The number of benzene rings is 2. The highest BCUT2D eigenvalue weighted by Crippen LogP contribution is 2.43. The van der Waals surface area contributed by atoms with Crippen LogP contribution >= 0.6 is 15.9 Å². The van der Waals surface area contributed by atoms with Crippen LogP contribution in [0.1, 0.15) is 27.7 Å². The molecule has 9 aliphatic heterocycles. The molecule has 9 aliphatic rings. The van der Waals surface area contributed by atoms with Crippen molar-refractivity contribution in [3.05, 3.63) is 53.0 Å². The third-order valence-corrected chi connectivity index (χ3v) is 21.7. The summed E-state index contributed by atoms with van der Waals surface area (Å²) in [4.78, 5) is 0. The molecule has 2 aromatic rings. The topological polar surface area (TPSA) is 653 Å². The van der Waals surface area contributed by atoms with Crippen molar-refractivity contribution >= 4 is 78.3 Å². The van der Waals surface area contributed by atoms with E-state index >= 15 is 0 Å².